The Morgan fingerprint density at radius 2 is 1.89 bits per heavy atom. The smallest absolute Gasteiger partial charge is 0.242 e. The predicted octanol–water partition coefficient (Wildman–Crippen LogP) is 4.06. The van der Waals surface area contributed by atoms with Crippen LogP contribution in [0, 0.1) is 0 Å². The highest BCUT2D eigenvalue weighted by Gasteiger charge is 2.33. The summed E-state index contributed by atoms with van der Waals surface area (Å²) >= 11 is 3.49. The molecule has 5 nitrogen and oxygen atoms in total. The van der Waals surface area contributed by atoms with Crippen molar-refractivity contribution in [2.75, 3.05) is 26.1 Å². The van der Waals surface area contributed by atoms with Crippen LogP contribution in [0.4, 0.5) is 5.69 Å². The normalized spacial score (nSPS) is 17.7. The van der Waals surface area contributed by atoms with Gasteiger partial charge in [0.2, 0.25) is 10.0 Å². The van der Waals surface area contributed by atoms with E-state index in [0.717, 1.165) is 32.1 Å². The van der Waals surface area contributed by atoms with E-state index in [1.54, 1.807) is 19.2 Å². The third-order valence-corrected chi connectivity index (χ3v) is 6.96. The first kappa shape index (κ1) is 18.3. The first-order valence-corrected chi connectivity index (χ1v) is 10.7. The fourth-order valence-corrected chi connectivity index (χ4v) is 5.64. The van der Waals surface area contributed by atoms with Gasteiger partial charge < -0.3 is 9.64 Å². The van der Waals surface area contributed by atoms with Crippen molar-refractivity contribution < 1.29 is 13.2 Å². The van der Waals surface area contributed by atoms with Crippen LogP contribution in [0.2, 0.25) is 0 Å². The summed E-state index contributed by atoms with van der Waals surface area (Å²) in [5.74, 6) is 0.700. The fraction of sp³-hybridized carbons (Fsp3) is 0.200. The van der Waals surface area contributed by atoms with Crippen LogP contribution >= 0.6 is 15.9 Å². The second-order valence-electron chi connectivity index (χ2n) is 6.70. The third kappa shape index (κ3) is 2.90. The highest BCUT2D eigenvalue weighted by molar-refractivity contribution is 9.10. The number of hydrogen-bond acceptors (Lipinski definition) is 4. The lowest BCUT2D eigenvalue weighted by molar-refractivity contribution is 0.412. The van der Waals surface area contributed by atoms with E-state index in [9.17, 15) is 8.42 Å². The van der Waals surface area contributed by atoms with Crippen molar-refractivity contribution in [3.63, 3.8) is 0 Å². The summed E-state index contributed by atoms with van der Waals surface area (Å²) in [6.45, 7) is 0. The van der Waals surface area contributed by atoms with Crippen LogP contribution in [0.15, 0.2) is 57.9 Å². The van der Waals surface area contributed by atoms with Crippen LogP contribution in [0.25, 0.3) is 10.8 Å². The van der Waals surface area contributed by atoms with Crippen LogP contribution in [0.5, 0.6) is 5.75 Å². The van der Waals surface area contributed by atoms with Gasteiger partial charge in [-0.2, -0.15) is 4.72 Å². The Labute approximate surface area is 167 Å². The number of nitrogens with one attached hydrogen (secondary N) is 1. The fourth-order valence-electron chi connectivity index (χ4n) is 3.63. The second-order valence-corrected chi connectivity index (χ2v) is 9.23. The van der Waals surface area contributed by atoms with Crippen molar-refractivity contribution >= 4 is 42.4 Å². The van der Waals surface area contributed by atoms with Gasteiger partial charge in [0.25, 0.3) is 0 Å². The molecular formula is C20H19BrN2O3S. The molecule has 0 aromatic heterocycles. The number of rotatable bonds is 3. The predicted molar refractivity (Wildman–Crippen MR) is 111 cm³/mol. The lowest BCUT2D eigenvalue weighted by Gasteiger charge is -2.29. The van der Waals surface area contributed by atoms with Gasteiger partial charge in [0.05, 0.1) is 22.5 Å². The molecular weight excluding hydrogens is 428 g/mol. The van der Waals surface area contributed by atoms with Gasteiger partial charge in [0.15, 0.2) is 0 Å². The zero-order valence-corrected chi connectivity index (χ0v) is 17.6. The molecule has 1 N–H and O–H groups in total. The lowest BCUT2D eigenvalue weighted by Crippen LogP contribution is -2.33. The summed E-state index contributed by atoms with van der Waals surface area (Å²) in [4.78, 5) is 2.32. The Morgan fingerprint density at radius 3 is 2.56 bits per heavy atom. The van der Waals surface area contributed by atoms with Gasteiger partial charge in [0.1, 0.15) is 5.75 Å². The van der Waals surface area contributed by atoms with E-state index in [4.69, 9.17) is 4.74 Å². The van der Waals surface area contributed by atoms with Crippen molar-refractivity contribution in [1.29, 1.82) is 0 Å². The molecule has 0 amide bonds. The van der Waals surface area contributed by atoms with Gasteiger partial charge in [-0.15, -0.1) is 0 Å². The Morgan fingerprint density at radius 1 is 1.11 bits per heavy atom. The molecule has 0 saturated carbocycles. The number of sulfonamides is 1. The molecule has 0 fully saturated rings. The first-order chi connectivity index (χ1) is 12.8. The number of nitrogens with zero attached hydrogens (tertiary/aromatic N) is 1. The molecule has 1 unspecified atom stereocenters. The lowest BCUT2D eigenvalue weighted by atomic mass is 9.93. The molecule has 0 bridgehead atoms. The minimum Gasteiger partial charge on any atom is -0.496 e. The minimum atomic E-state index is -3.63. The summed E-state index contributed by atoms with van der Waals surface area (Å²) in [5.41, 5.74) is 2.78. The van der Waals surface area contributed by atoms with E-state index in [1.807, 2.05) is 55.4 Å². The highest BCUT2D eigenvalue weighted by atomic mass is 79.9. The number of ether oxygens (including phenoxy) is 1. The van der Waals surface area contributed by atoms with E-state index >= 15 is 0 Å². The van der Waals surface area contributed by atoms with E-state index in [0.29, 0.717) is 10.6 Å². The number of halogens is 1. The molecule has 1 aliphatic heterocycles. The molecule has 0 radical (unpaired) electrons. The van der Waals surface area contributed by atoms with Crippen molar-refractivity contribution in [2.45, 2.75) is 10.9 Å². The Bertz CT molecular complexity index is 1160. The molecule has 0 saturated heterocycles. The van der Waals surface area contributed by atoms with Crippen molar-refractivity contribution in [3.05, 3.63) is 64.1 Å². The van der Waals surface area contributed by atoms with Gasteiger partial charge >= 0.3 is 0 Å². The summed E-state index contributed by atoms with van der Waals surface area (Å²) in [6.07, 6.45) is 0. The van der Waals surface area contributed by atoms with E-state index in [-0.39, 0.29) is 0 Å². The molecule has 1 atom stereocenters. The van der Waals surface area contributed by atoms with Crippen LogP contribution in [0.3, 0.4) is 0 Å². The van der Waals surface area contributed by atoms with Gasteiger partial charge in [-0.3, -0.25) is 0 Å². The van der Waals surface area contributed by atoms with Gasteiger partial charge in [0, 0.05) is 30.6 Å². The summed E-state index contributed by atoms with van der Waals surface area (Å²) in [7, 11) is 1.88. The van der Waals surface area contributed by atoms with Gasteiger partial charge in [-0.25, -0.2) is 8.42 Å². The number of hydrogen-bond donors (Lipinski definition) is 1. The van der Waals surface area contributed by atoms with Crippen LogP contribution in [-0.4, -0.2) is 29.6 Å². The van der Waals surface area contributed by atoms with E-state index in [2.05, 4.69) is 20.7 Å². The van der Waals surface area contributed by atoms with E-state index in [1.165, 1.54) is 0 Å². The standard InChI is InChI=1S/C20H19BrN2O3S/c1-23(2)16-9-8-14-19-13(16)5-4-6-18(19)27(24,25)22-20(14)12-7-10-17(26-3)15(21)11-12/h4-11,20,22H,1-3H3. The Kier molecular flexibility index (Phi) is 4.41. The summed E-state index contributed by atoms with van der Waals surface area (Å²) in [5, 5.41) is 1.71. The third-order valence-electron chi connectivity index (χ3n) is 4.88. The largest absolute Gasteiger partial charge is 0.496 e. The zero-order chi connectivity index (χ0) is 19.3. The molecule has 1 aliphatic rings. The van der Waals surface area contributed by atoms with Crippen LogP contribution in [0.1, 0.15) is 17.2 Å². The average molecular weight is 447 g/mol. The topological polar surface area (TPSA) is 58.6 Å². The zero-order valence-electron chi connectivity index (χ0n) is 15.2. The molecule has 0 aliphatic carbocycles. The monoisotopic (exact) mass is 446 g/mol. The molecule has 27 heavy (non-hydrogen) atoms. The molecule has 7 heteroatoms. The number of anilines is 1. The number of methoxy groups -OCH3 is 1. The van der Waals surface area contributed by atoms with E-state index < -0.39 is 16.1 Å². The second kappa shape index (κ2) is 6.51. The molecule has 4 rings (SSSR count). The molecule has 140 valence electrons. The summed E-state index contributed by atoms with van der Waals surface area (Å²) in [6, 6.07) is 14.6. The summed E-state index contributed by atoms with van der Waals surface area (Å²) < 4.78 is 34.9. The Balaban J connectivity index is 2.02. The SMILES string of the molecule is COc1ccc(C2NS(=O)(=O)c3cccc4c(N(C)C)ccc2c34)cc1Br. The molecule has 0 spiro atoms. The molecule has 3 aromatic carbocycles. The van der Waals surface area contributed by atoms with Gasteiger partial charge in [-0.05, 0) is 51.3 Å². The quantitative estimate of drug-likeness (QED) is 0.658. The molecule has 3 aromatic rings. The van der Waals surface area contributed by atoms with Gasteiger partial charge in [-0.1, -0.05) is 24.3 Å². The maximum Gasteiger partial charge on any atom is 0.242 e. The highest BCUT2D eigenvalue weighted by Crippen LogP contribution is 2.42. The first-order valence-electron chi connectivity index (χ1n) is 8.42. The van der Waals surface area contributed by atoms with Crippen LogP contribution < -0.4 is 14.4 Å². The average Bonchev–Trinajstić information content (AvgIpc) is 2.64. The van der Waals surface area contributed by atoms with Crippen molar-refractivity contribution in [2.24, 2.45) is 0 Å². The number of benzene rings is 3. The Hall–Kier alpha value is -2.09. The maximum absolute atomic E-state index is 13.0. The maximum atomic E-state index is 13.0. The molecule has 1 heterocycles. The van der Waals surface area contributed by atoms with Crippen molar-refractivity contribution in [3.8, 4) is 5.75 Å². The van der Waals surface area contributed by atoms with Crippen molar-refractivity contribution in [1.82, 2.24) is 4.72 Å². The van der Waals surface area contributed by atoms with Crippen LogP contribution in [-0.2, 0) is 10.0 Å². The minimum absolute atomic E-state index is 0.322.